The van der Waals surface area contributed by atoms with Gasteiger partial charge in [0.05, 0.1) is 12.9 Å². The third-order valence-electron chi connectivity index (χ3n) is 6.57. The molecule has 3 aromatic carbocycles. The molecule has 216 valence electrons. The third kappa shape index (κ3) is 6.51. The van der Waals surface area contributed by atoms with Crippen LogP contribution in [-0.4, -0.2) is 62.1 Å². The summed E-state index contributed by atoms with van der Waals surface area (Å²) in [6, 6.07) is 23.1. The summed E-state index contributed by atoms with van der Waals surface area (Å²) in [7, 11) is -1.99. The van der Waals surface area contributed by atoms with E-state index in [4.69, 9.17) is 34.5 Å². The molecule has 0 bridgehead atoms. The fraction of sp³-hybridized carbons (Fsp3) is 0.300. The minimum absolute atomic E-state index is 0.0393. The van der Waals surface area contributed by atoms with Gasteiger partial charge in [-0.3, -0.25) is 14.7 Å². The SMILES string of the molecule is CC(=O)O.CCCS(=O)(=O)Oc1ccc(C2(c3cccc(-c4cccc(OC)c4)c3)N=C(N)N3CCCN=C32)cc1. The number of hydrogen-bond donors (Lipinski definition) is 2. The number of ether oxygens (including phenoxy) is 1. The number of nitrogens with zero attached hydrogens (tertiary/aromatic N) is 3. The molecule has 11 heteroatoms. The molecule has 2 heterocycles. The Morgan fingerprint density at radius 3 is 2.34 bits per heavy atom. The molecule has 2 aliphatic rings. The zero-order chi connectivity index (χ0) is 29.6. The van der Waals surface area contributed by atoms with Crippen molar-refractivity contribution in [2.45, 2.75) is 32.2 Å². The summed E-state index contributed by atoms with van der Waals surface area (Å²) in [6.45, 7) is 4.30. The Bertz CT molecular complexity index is 1570. The van der Waals surface area contributed by atoms with E-state index >= 15 is 0 Å². The van der Waals surface area contributed by atoms with E-state index < -0.39 is 21.6 Å². The number of amidine groups is 1. The number of rotatable bonds is 8. The Hall–Kier alpha value is -4.38. The van der Waals surface area contributed by atoms with E-state index in [2.05, 4.69) is 6.07 Å². The number of guanidine groups is 1. The van der Waals surface area contributed by atoms with Crippen molar-refractivity contribution in [1.29, 1.82) is 0 Å². The van der Waals surface area contributed by atoms with Gasteiger partial charge in [0.25, 0.3) is 5.97 Å². The van der Waals surface area contributed by atoms with Crippen LogP contribution in [0.2, 0.25) is 0 Å². The van der Waals surface area contributed by atoms with Crippen molar-refractivity contribution < 1.29 is 27.2 Å². The van der Waals surface area contributed by atoms with E-state index in [1.807, 2.05) is 59.5 Å². The van der Waals surface area contributed by atoms with Crippen molar-refractivity contribution in [3.63, 3.8) is 0 Å². The van der Waals surface area contributed by atoms with Crippen LogP contribution in [0.15, 0.2) is 82.8 Å². The normalized spacial score (nSPS) is 17.9. The van der Waals surface area contributed by atoms with Crippen molar-refractivity contribution in [2.75, 3.05) is 26.0 Å². The van der Waals surface area contributed by atoms with Gasteiger partial charge in [-0.05, 0) is 65.4 Å². The number of fused-ring (bicyclic) bond motifs is 1. The highest BCUT2D eigenvalue weighted by Crippen LogP contribution is 2.43. The van der Waals surface area contributed by atoms with Crippen LogP contribution in [0.5, 0.6) is 11.5 Å². The van der Waals surface area contributed by atoms with Gasteiger partial charge in [0.15, 0.2) is 11.5 Å². The van der Waals surface area contributed by atoms with E-state index in [-0.39, 0.29) is 11.5 Å². The number of benzene rings is 3. The van der Waals surface area contributed by atoms with Gasteiger partial charge in [-0.15, -0.1) is 0 Å². The zero-order valence-electron chi connectivity index (χ0n) is 23.3. The monoisotopic (exact) mass is 578 g/mol. The minimum Gasteiger partial charge on any atom is -0.497 e. The standard InChI is InChI=1S/C28H30N4O4S.C2H4O2/c1-3-17-37(33,34)36-24-13-11-22(12-14-24)28(26-30-15-6-16-32(26)27(29)31-28)23-9-4-7-20(18-23)21-8-5-10-25(19-21)35-2;1-2(3)4/h4-5,7-14,18-19H,3,6,15-17H2,1-2H3,(H2,29,31);1H3,(H,3,4). The number of nitrogens with two attached hydrogens (primary N) is 1. The summed E-state index contributed by atoms with van der Waals surface area (Å²) in [4.78, 5) is 20.9. The number of methoxy groups -OCH3 is 1. The van der Waals surface area contributed by atoms with Gasteiger partial charge in [-0.1, -0.05) is 49.4 Å². The van der Waals surface area contributed by atoms with Crippen LogP contribution in [0.1, 0.15) is 37.8 Å². The Balaban J connectivity index is 0.000000909. The second kappa shape index (κ2) is 12.4. The molecule has 1 unspecified atom stereocenters. The topological polar surface area (TPSA) is 144 Å². The fourth-order valence-electron chi connectivity index (χ4n) is 4.89. The molecular formula is C30H34N4O6S. The van der Waals surface area contributed by atoms with E-state index in [1.54, 1.807) is 26.2 Å². The molecule has 2 aliphatic heterocycles. The summed E-state index contributed by atoms with van der Waals surface area (Å²) >= 11 is 0. The minimum atomic E-state index is -3.64. The van der Waals surface area contributed by atoms with E-state index in [1.165, 1.54) is 0 Å². The number of hydrogen-bond acceptors (Lipinski definition) is 9. The molecule has 41 heavy (non-hydrogen) atoms. The maximum Gasteiger partial charge on any atom is 0.309 e. The summed E-state index contributed by atoms with van der Waals surface area (Å²) in [5.74, 6) is 1.34. The van der Waals surface area contributed by atoms with Gasteiger partial charge in [0.1, 0.15) is 17.3 Å². The summed E-state index contributed by atoms with van der Waals surface area (Å²) in [6.07, 6.45) is 1.37. The summed E-state index contributed by atoms with van der Waals surface area (Å²) in [5, 5.41) is 7.42. The van der Waals surface area contributed by atoms with Gasteiger partial charge in [0, 0.05) is 20.0 Å². The lowest BCUT2D eigenvalue weighted by Gasteiger charge is -2.33. The maximum absolute atomic E-state index is 12.2. The molecule has 1 atom stereocenters. The number of carbonyl (C=O) groups is 1. The lowest BCUT2D eigenvalue weighted by Crippen LogP contribution is -2.46. The van der Waals surface area contributed by atoms with Gasteiger partial charge < -0.3 is 19.8 Å². The number of carboxylic acid groups (broad SMARTS) is 1. The molecule has 0 aromatic heterocycles. The Morgan fingerprint density at radius 1 is 1.02 bits per heavy atom. The molecule has 3 N–H and O–H groups in total. The predicted octanol–water partition coefficient (Wildman–Crippen LogP) is 4.25. The number of aliphatic imine (C=N–C) groups is 2. The number of aliphatic carboxylic acids is 1. The lowest BCUT2D eigenvalue weighted by molar-refractivity contribution is -0.134. The molecule has 0 amide bonds. The van der Waals surface area contributed by atoms with Crippen LogP contribution in [0.4, 0.5) is 0 Å². The number of carboxylic acids is 1. The van der Waals surface area contributed by atoms with Crippen LogP contribution in [0.3, 0.4) is 0 Å². The quantitative estimate of drug-likeness (QED) is 0.378. The van der Waals surface area contributed by atoms with Crippen LogP contribution in [0, 0.1) is 0 Å². The Kier molecular flexibility index (Phi) is 8.97. The van der Waals surface area contributed by atoms with Crippen LogP contribution in [0.25, 0.3) is 11.1 Å². The van der Waals surface area contributed by atoms with Crippen LogP contribution >= 0.6 is 0 Å². The smallest absolute Gasteiger partial charge is 0.309 e. The van der Waals surface area contributed by atoms with Gasteiger partial charge in [-0.2, -0.15) is 8.42 Å². The van der Waals surface area contributed by atoms with Crippen molar-refractivity contribution in [2.24, 2.45) is 15.7 Å². The van der Waals surface area contributed by atoms with Crippen molar-refractivity contribution >= 4 is 27.9 Å². The Morgan fingerprint density at radius 2 is 1.68 bits per heavy atom. The van der Waals surface area contributed by atoms with Crippen molar-refractivity contribution in [3.8, 4) is 22.6 Å². The predicted molar refractivity (Wildman–Crippen MR) is 159 cm³/mol. The Labute approximate surface area is 240 Å². The molecule has 0 fully saturated rings. The highest BCUT2D eigenvalue weighted by Gasteiger charge is 2.49. The van der Waals surface area contributed by atoms with E-state index in [0.717, 1.165) is 53.7 Å². The molecule has 10 nitrogen and oxygen atoms in total. The summed E-state index contributed by atoms with van der Waals surface area (Å²) in [5.41, 5.74) is 9.22. The second-order valence-electron chi connectivity index (χ2n) is 9.59. The van der Waals surface area contributed by atoms with Gasteiger partial charge in [-0.25, -0.2) is 4.99 Å². The molecule has 0 radical (unpaired) electrons. The van der Waals surface area contributed by atoms with Gasteiger partial charge >= 0.3 is 10.1 Å². The first-order valence-electron chi connectivity index (χ1n) is 13.2. The average Bonchev–Trinajstić information content (AvgIpc) is 3.26. The molecule has 5 rings (SSSR count). The van der Waals surface area contributed by atoms with Crippen molar-refractivity contribution in [3.05, 3.63) is 83.9 Å². The highest BCUT2D eigenvalue weighted by molar-refractivity contribution is 7.87. The first kappa shape index (κ1) is 29.6. The van der Waals surface area contributed by atoms with Gasteiger partial charge in [0.2, 0.25) is 0 Å². The highest BCUT2D eigenvalue weighted by atomic mass is 32.2. The lowest BCUT2D eigenvalue weighted by atomic mass is 9.81. The summed E-state index contributed by atoms with van der Waals surface area (Å²) < 4.78 is 35.1. The van der Waals surface area contributed by atoms with Crippen molar-refractivity contribution in [1.82, 2.24) is 4.90 Å². The van der Waals surface area contributed by atoms with E-state index in [9.17, 15) is 8.42 Å². The molecule has 0 saturated heterocycles. The maximum atomic E-state index is 12.2. The average molecular weight is 579 g/mol. The largest absolute Gasteiger partial charge is 0.497 e. The molecule has 0 aliphatic carbocycles. The molecule has 3 aromatic rings. The molecule has 0 spiro atoms. The molecular weight excluding hydrogens is 544 g/mol. The fourth-order valence-corrected chi connectivity index (χ4v) is 5.88. The van der Waals surface area contributed by atoms with Crippen LogP contribution < -0.4 is 14.7 Å². The first-order valence-corrected chi connectivity index (χ1v) is 14.8. The second-order valence-corrected chi connectivity index (χ2v) is 11.3. The van der Waals surface area contributed by atoms with E-state index in [0.29, 0.717) is 18.9 Å². The zero-order valence-corrected chi connectivity index (χ0v) is 24.1. The first-order chi connectivity index (χ1) is 19.6. The molecule has 0 saturated carbocycles. The third-order valence-corrected chi connectivity index (χ3v) is 7.93. The van der Waals surface area contributed by atoms with Crippen LogP contribution in [-0.2, 0) is 20.5 Å².